The molecule has 29 heavy (non-hydrogen) atoms. The molecule has 1 aliphatic rings. The van der Waals surface area contributed by atoms with Gasteiger partial charge in [-0.05, 0) is 48.3 Å². The summed E-state index contributed by atoms with van der Waals surface area (Å²) in [5.74, 6) is 3.01. The molecular weight excluding hydrogens is 495 g/mol. The van der Waals surface area contributed by atoms with Crippen LogP contribution in [0.1, 0.15) is 18.2 Å². The van der Waals surface area contributed by atoms with Crippen LogP contribution >= 0.6 is 35.3 Å². The molecule has 1 saturated heterocycles. The van der Waals surface area contributed by atoms with Crippen molar-refractivity contribution < 1.29 is 4.74 Å². The molecule has 1 aliphatic heterocycles. The van der Waals surface area contributed by atoms with Gasteiger partial charge in [0.25, 0.3) is 0 Å². The summed E-state index contributed by atoms with van der Waals surface area (Å²) in [6.45, 7) is 6.30. The molecule has 1 aromatic heterocycles. The maximum Gasteiger partial charge on any atom is 0.190 e. The first-order valence-electron chi connectivity index (χ1n) is 10.0. The van der Waals surface area contributed by atoms with Gasteiger partial charge in [-0.25, -0.2) is 0 Å². The number of rotatable bonds is 8. The standard InChI is InChI=1S/C22H32N4OS.HI/c1-17(12-21-8-5-11-28-21)14-24-22(23-2)25-15-18-9-10-26(16-18)19-6-4-7-20(13-19)27-3;/h4-8,11,13,17-18H,9-10,12,14-16H2,1-3H3,(H2,23,24,25);1H. The minimum Gasteiger partial charge on any atom is -0.497 e. The van der Waals surface area contributed by atoms with Crippen LogP contribution in [0.2, 0.25) is 0 Å². The Kier molecular flexibility index (Phi) is 10.1. The van der Waals surface area contributed by atoms with Gasteiger partial charge >= 0.3 is 0 Å². The summed E-state index contributed by atoms with van der Waals surface area (Å²) >= 11 is 1.83. The second kappa shape index (κ2) is 12.3. The van der Waals surface area contributed by atoms with Gasteiger partial charge in [0.2, 0.25) is 0 Å². The van der Waals surface area contributed by atoms with Gasteiger partial charge in [0, 0.05) is 49.9 Å². The lowest BCUT2D eigenvalue weighted by molar-refractivity contribution is 0.415. The van der Waals surface area contributed by atoms with E-state index in [1.165, 1.54) is 17.0 Å². The van der Waals surface area contributed by atoms with E-state index < -0.39 is 0 Å². The number of ether oxygens (including phenoxy) is 1. The van der Waals surface area contributed by atoms with Gasteiger partial charge in [-0.15, -0.1) is 35.3 Å². The van der Waals surface area contributed by atoms with Gasteiger partial charge in [-0.1, -0.05) is 19.1 Å². The van der Waals surface area contributed by atoms with E-state index in [1.54, 1.807) is 7.11 Å². The second-order valence-corrected chi connectivity index (χ2v) is 8.56. The summed E-state index contributed by atoms with van der Waals surface area (Å²) in [5, 5.41) is 9.13. The smallest absolute Gasteiger partial charge is 0.190 e. The van der Waals surface area contributed by atoms with Crippen molar-refractivity contribution in [1.82, 2.24) is 10.6 Å². The predicted molar refractivity (Wildman–Crippen MR) is 135 cm³/mol. The van der Waals surface area contributed by atoms with Crippen molar-refractivity contribution in [1.29, 1.82) is 0 Å². The maximum absolute atomic E-state index is 5.35. The number of halogens is 1. The van der Waals surface area contributed by atoms with Crippen LogP contribution in [0, 0.1) is 11.8 Å². The quantitative estimate of drug-likeness (QED) is 0.306. The van der Waals surface area contributed by atoms with E-state index >= 15 is 0 Å². The van der Waals surface area contributed by atoms with E-state index in [-0.39, 0.29) is 24.0 Å². The van der Waals surface area contributed by atoms with Gasteiger partial charge in [-0.3, -0.25) is 4.99 Å². The number of hydrogen-bond donors (Lipinski definition) is 2. The Morgan fingerprint density at radius 2 is 2.17 bits per heavy atom. The van der Waals surface area contributed by atoms with Gasteiger partial charge in [0.1, 0.15) is 5.75 Å². The van der Waals surface area contributed by atoms with Crippen molar-refractivity contribution in [2.24, 2.45) is 16.8 Å². The second-order valence-electron chi connectivity index (χ2n) is 7.52. The minimum absolute atomic E-state index is 0. The number of nitrogens with one attached hydrogen (secondary N) is 2. The number of methoxy groups -OCH3 is 1. The highest BCUT2D eigenvalue weighted by Crippen LogP contribution is 2.26. The Balaban J connectivity index is 0.00000300. The van der Waals surface area contributed by atoms with Gasteiger partial charge in [-0.2, -0.15) is 0 Å². The highest BCUT2D eigenvalue weighted by Gasteiger charge is 2.23. The van der Waals surface area contributed by atoms with Crippen LogP contribution < -0.4 is 20.3 Å². The lowest BCUT2D eigenvalue weighted by Crippen LogP contribution is -2.42. The average molecular weight is 529 g/mol. The lowest BCUT2D eigenvalue weighted by Gasteiger charge is -2.20. The van der Waals surface area contributed by atoms with Crippen molar-refractivity contribution in [3.8, 4) is 5.75 Å². The van der Waals surface area contributed by atoms with Gasteiger partial charge < -0.3 is 20.3 Å². The van der Waals surface area contributed by atoms with Gasteiger partial charge in [0.05, 0.1) is 7.11 Å². The molecule has 0 radical (unpaired) electrons. The Bertz CT molecular complexity index is 753. The molecule has 0 saturated carbocycles. The van der Waals surface area contributed by atoms with Crippen LogP contribution in [0.3, 0.4) is 0 Å². The molecule has 2 unspecified atom stereocenters. The van der Waals surface area contributed by atoms with Crippen LogP contribution in [0.4, 0.5) is 5.69 Å². The van der Waals surface area contributed by atoms with Crippen molar-refractivity contribution >= 4 is 47.0 Å². The number of nitrogens with zero attached hydrogens (tertiary/aromatic N) is 2. The monoisotopic (exact) mass is 528 g/mol. The first-order chi connectivity index (χ1) is 13.7. The Morgan fingerprint density at radius 3 is 2.90 bits per heavy atom. The summed E-state index contributed by atoms with van der Waals surface area (Å²) in [7, 11) is 3.56. The summed E-state index contributed by atoms with van der Waals surface area (Å²) in [4.78, 5) is 8.27. The highest BCUT2D eigenvalue weighted by molar-refractivity contribution is 14.0. The van der Waals surface area contributed by atoms with Gasteiger partial charge in [0.15, 0.2) is 5.96 Å². The summed E-state index contributed by atoms with van der Waals surface area (Å²) in [5.41, 5.74) is 1.24. The molecule has 0 aliphatic carbocycles. The summed E-state index contributed by atoms with van der Waals surface area (Å²) in [6, 6.07) is 12.7. The molecule has 7 heteroatoms. The number of anilines is 1. The number of aliphatic imine (C=N–C) groups is 1. The van der Waals surface area contributed by atoms with Crippen LogP contribution in [0.5, 0.6) is 5.75 Å². The first kappa shape index (κ1) is 23.8. The van der Waals surface area contributed by atoms with Crippen LogP contribution in [0.15, 0.2) is 46.8 Å². The Hall–Kier alpha value is -1.48. The molecule has 0 amide bonds. The van der Waals surface area contributed by atoms with Crippen LogP contribution in [0.25, 0.3) is 0 Å². The Labute approximate surface area is 196 Å². The van der Waals surface area contributed by atoms with E-state index in [9.17, 15) is 0 Å². The summed E-state index contributed by atoms with van der Waals surface area (Å²) in [6.07, 6.45) is 2.30. The van der Waals surface area contributed by atoms with Crippen molar-refractivity contribution in [2.75, 3.05) is 45.2 Å². The molecule has 1 fully saturated rings. The molecule has 2 aromatic rings. The topological polar surface area (TPSA) is 48.9 Å². The number of guanidine groups is 1. The first-order valence-corrected chi connectivity index (χ1v) is 10.9. The fourth-order valence-corrected chi connectivity index (χ4v) is 4.49. The SMILES string of the molecule is CN=C(NCC(C)Cc1cccs1)NCC1CCN(c2cccc(OC)c2)C1.I. The molecule has 0 spiro atoms. The molecule has 3 rings (SSSR count). The molecule has 5 nitrogen and oxygen atoms in total. The summed E-state index contributed by atoms with van der Waals surface area (Å²) < 4.78 is 5.35. The van der Waals surface area contributed by atoms with E-state index in [1.807, 2.05) is 24.5 Å². The zero-order valence-electron chi connectivity index (χ0n) is 17.6. The van der Waals surface area contributed by atoms with Crippen molar-refractivity contribution in [2.45, 2.75) is 19.8 Å². The predicted octanol–water partition coefficient (Wildman–Crippen LogP) is 4.24. The molecule has 2 heterocycles. The van der Waals surface area contributed by atoms with Crippen molar-refractivity contribution in [3.05, 3.63) is 46.7 Å². The van der Waals surface area contributed by atoms with Crippen LogP contribution in [-0.2, 0) is 6.42 Å². The third-order valence-electron chi connectivity index (χ3n) is 5.23. The molecular formula is C22H33IN4OS. The number of hydrogen-bond acceptors (Lipinski definition) is 4. The number of thiophene rings is 1. The highest BCUT2D eigenvalue weighted by atomic mass is 127. The Morgan fingerprint density at radius 1 is 1.31 bits per heavy atom. The van der Waals surface area contributed by atoms with Crippen molar-refractivity contribution in [3.63, 3.8) is 0 Å². The largest absolute Gasteiger partial charge is 0.497 e. The van der Waals surface area contributed by atoms with E-state index in [2.05, 4.69) is 63.2 Å². The van der Waals surface area contributed by atoms with E-state index in [0.717, 1.165) is 44.3 Å². The minimum atomic E-state index is 0. The van der Waals surface area contributed by atoms with E-state index in [4.69, 9.17) is 4.74 Å². The molecule has 2 atom stereocenters. The normalized spacial score (nSPS) is 17.6. The molecule has 1 aromatic carbocycles. The fraction of sp³-hybridized carbons (Fsp3) is 0.500. The van der Waals surface area contributed by atoms with Crippen LogP contribution in [-0.4, -0.2) is 46.3 Å². The molecule has 0 bridgehead atoms. The average Bonchev–Trinajstić information content (AvgIpc) is 3.40. The lowest BCUT2D eigenvalue weighted by atomic mass is 10.1. The molecule has 160 valence electrons. The zero-order chi connectivity index (χ0) is 19.8. The zero-order valence-corrected chi connectivity index (χ0v) is 20.7. The third kappa shape index (κ3) is 7.37. The maximum atomic E-state index is 5.35. The fourth-order valence-electron chi connectivity index (χ4n) is 3.62. The third-order valence-corrected chi connectivity index (χ3v) is 6.13. The number of benzene rings is 1. The molecule has 2 N–H and O–H groups in total. The van der Waals surface area contributed by atoms with E-state index in [0.29, 0.717) is 11.8 Å².